The lowest BCUT2D eigenvalue weighted by atomic mass is 9.80. The number of hydrogen-bond donors (Lipinski definition) is 3. The third-order valence-corrected chi connectivity index (χ3v) is 4.48. The summed E-state index contributed by atoms with van der Waals surface area (Å²) in [4.78, 5) is 0. The van der Waals surface area contributed by atoms with Crippen molar-refractivity contribution in [3.8, 4) is 16.9 Å². The van der Waals surface area contributed by atoms with Gasteiger partial charge in [0.15, 0.2) is 0 Å². The molecule has 23 heavy (non-hydrogen) atoms. The van der Waals surface area contributed by atoms with Crippen molar-refractivity contribution in [1.82, 2.24) is 5.32 Å². The van der Waals surface area contributed by atoms with Gasteiger partial charge >= 0.3 is 0 Å². The minimum absolute atomic E-state index is 0.0476. The van der Waals surface area contributed by atoms with Crippen LogP contribution >= 0.6 is 0 Å². The number of nitrogens with two attached hydrogens (primary N) is 1. The molecule has 0 amide bonds. The van der Waals surface area contributed by atoms with E-state index < -0.39 is 0 Å². The summed E-state index contributed by atoms with van der Waals surface area (Å²) < 4.78 is 0. The normalized spacial score (nSPS) is 11.7. The summed E-state index contributed by atoms with van der Waals surface area (Å²) in [5.41, 5.74) is 9.85. The van der Waals surface area contributed by atoms with Crippen LogP contribution in [-0.2, 0) is 12.0 Å². The maximum atomic E-state index is 10.5. The molecule has 0 atom stereocenters. The van der Waals surface area contributed by atoms with Gasteiger partial charge in [-0.05, 0) is 60.7 Å². The molecule has 2 aromatic rings. The van der Waals surface area contributed by atoms with Crippen molar-refractivity contribution in [2.75, 3.05) is 13.6 Å². The van der Waals surface area contributed by atoms with Crippen LogP contribution in [0.2, 0.25) is 0 Å². The number of phenolic OH excluding ortho intramolecular Hbond substituents is 1. The highest BCUT2D eigenvalue weighted by molar-refractivity contribution is 5.71. The molecule has 0 saturated carbocycles. The van der Waals surface area contributed by atoms with E-state index in [4.69, 9.17) is 5.73 Å². The Hall–Kier alpha value is -1.84. The summed E-state index contributed by atoms with van der Waals surface area (Å²) in [6.45, 7) is 5.98. The maximum Gasteiger partial charge on any atom is 0.123 e. The van der Waals surface area contributed by atoms with Crippen LogP contribution in [0, 0.1) is 0 Å². The smallest absolute Gasteiger partial charge is 0.123 e. The summed E-state index contributed by atoms with van der Waals surface area (Å²) in [6.07, 6.45) is 2.19. The molecule has 2 aromatic carbocycles. The summed E-state index contributed by atoms with van der Waals surface area (Å²) in [6, 6.07) is 14.1. The lowest BCUT2D eigenvalue weighted by Crippen LogP contribution is -2.19. The van der Waals surface area contributed by atoms with Gasteiger partial charge in [0.1, 0.15) is 5.75 Å². The lowest BCUT2D eigenvalue weighted by molar-refractivity contribution is 0.445. The summed E-state index contributed by atoms with van der Waals surface area (Å²) in [5, 5.41) is 13.7. The second-order valence-electron chi connectivity index (χ2n) is 6.73. The minimum Gasteiger partial charge on any atom is -0.507 e. The molecular weight excluding hydrogens is 284 g/mol. The lowest BCUT2D eigenvalue weighted by Gasteiger charge is -2.26. The average molecular weight is 312 g/mol. The van der Waals surface area contributed by atoms with Crippen LogP contribution in [-0.4, -0.2) is 18.7 Å². The molecule has 4 N–H and O–H groups in total. The van der Waals surface area contributed by atoms with Crippen LogP contribution < -0.4 is 11.1 Å². The number of aromatic hydroxyl groups is 1. The topological polar surface area (TPSA) is 58.3 Å². The molecule has 0 radical (unpaired) electrons. The Bertz CT molecular complexity index is 650. The highest BCUT2D eigenvalue weighted by atomic mass is 16.3. The molecule has 3 heteroatoms. The zero-order chi connectivity index (χ0) is 16.9. The Morgan fingerprint density at radius 3 is 2.57 bits per heavy atom. The Morgan fingerprint density at radius 2 is 1.91 bits per heavy atom. The van der Waals surface area contributed by atoms with Gasteiger partial charge in [-0.25, -0.2) is 0 Å². The van der Waals surface area contributed by atoms with Crippen LogP contribution in [0.4, 0.5) is 0 Å². The van der Waals surface area contributed by atoms with Gasteiger partial charge in [0.2, 0.25) is 0 Å². The molecule has 0 aliphatic heterocycles. The van der Waals surface area contributed by atoms with Gasteiger partial charge in [-0.3, -0.25) is 0 Å². The zero-order valence-electron chi connectivity index (χ0n) is 14.4. The number of phenols is 1. The van der Waals surface area contributed by atoms with Crippen LogP contribution in [0.25, 0.3) is 11.1 Å². The Morgan fingerprint density at radius 1 is 1.13 bits per heavy atom. The summed E-state index contributed by atoms with van der Waals surface area (Å²) >= 11 is 0. The number of rotatable bonds is 7. The summed E-state index contributed by atoms with van der Waals surface area (Å²) in [7, 11) is 1.98. The second kappa shape index (κ2) is 7.62. The first-order valence-corrected chi connectivity index (χ1v) is 8.25. The van der Waals surface area contributed by atoms with E-state index in [9.17, 15) is 5.11 Å². The van der Waals surface area contributed by atoms with Crippen molar-refractivity contribution in [1.29, 1.82) is 0 Å². The van der Waals surface area contributed by atoms with Crippen molar-refractivity contribution in [3.05, 3.63) is 53.6 Å². The number of nitrogens with one attached hydrogen (secondary N) is 1. The predicted octanol–water partition coefficient (Wildman–Crippen LogP) is 3.80. The van der Waals surface area contributed by atoms with Gasteiger partial charge in [0.25, 0.3) is 0 Å². The van der Waals surface area contributed by atoms with Crippen molar-refractivity contribution >= 4 is 0 Å². The second-order valence-corrected chi connectivity index (χ2v) is 6.73. The molecule has 3 nitrogen and oxygen atoms in total. The van der Waals surface area contributed by atoms with Crippen molar-refractivity contribution < 1.29 is 5.11 Å². The largest absolute Gasteiger partial charge is 0.507 e. The fourth-order valence-corrected chi connectivity index (χ4v) is 2.91. The van der Waals surface area contributed by atoms with Crippen LogP contribution in [0.15, 0.2) is 42.5 Å². The molecule has 0 unspecified atom stereocenters. The molecule has 0 aliphatic rings. The molecule has 2 rings (SSSR count). The van der Waals surface area contributed by atoms with E-state index in [0.29, 0.717) is 12.3 Å². The van der Waals surface area contributed by atoms with Gasteiger partial charge < -0.3 is 16.2 Å². The van der Waals surface area contributed by atoms with Crippen molar-refractivity contribution in [3.63, 3.8) is 0 Å². The molecule has 124 valence electrons. The van der Waals surface area contributed by atoms with Crippen molar-refractivity contribution in [2.24, 2.45) is 5.73 Å². The van der Waals surface area contributed by atoms with E-state index in [1.165, 1.54) is 5.56 Å². The standard InChI is InChI=1S/C20H28N2O/c1-20(2,10-5-11-22-3)17-8-9-18(19(23)13-17)16-7-4-6-15(12-16)14-21/h4,6-9,12-13,22-23H,5,10-11,14,21H2,1-3H3. The van der Waals surface area contributed by atoms with E-state index in [1.54, 1.807) is 0 Å². The molecule has 0 bridgehead atoms. The Labute approximate surface area is 139 Å². The molecule has 0 fully saturated rings. The summed E-state index contributed by atoms with van der Waals surface area (Å²) in [5.74, 6) is 0.332. The predicted molar refractivity (Wildman–Crippen MR) is 97.6 cm³/mol. The molecule has 0 saturated heterocycles. The van der Waals surface area contributed by atoms with E-state index >= 15 is 0 Å². The van der Waals surface area contributed by atoms with Gasteiger partial charge in [0.05, 0.1) is 0 Å². The quantitative estimate of drug-likeness (QED) is 0.682. The number of benzene rings is 2. The van der Waals surface area contributed by atoms with Gasteiger partial charge in [-0.1, -0.05) is 44.2 Å². The van der Waals surface area contributed by atoms with Crippen molar-refractivity contribution in [2.45, 2.75) is 38.6 Å². The third-order valence-electron chi connectivity index (χ3n) is 4.48. The van der Waals surface area contributed by atoms with Crippen LogP contribution in [0.1, 0.15) is 37.8 Å². The third kappa shape index (κ3) is 4.34. The fraction of sp³-hybridized carbons (Fsp3) is 0.400. The average Bonchev–Trinajstić information content (AvgIpc) is 2.55. The monoisotopic (exact) mass is 312 g/mol. The fourth-order valence-electron chi connectivity index (χ4n) is 2.91. The van der Waals surface area contributed by atoms with Gasteiger partial charge in [-0.2, -0.15) is 0 Å². The van der Waals surface area contributed by atoms with Gasteiger partial charge in [-0.15, -0.1) is 0 Å². The molecule has 0 aliphatic carbocycles. The van der Waals surface area contributed by atoms with E-state index in [2.05, 4.69) is 25.2 Å². The highest BCUT2D eigenvalue weighted by Gasteiger charge is 2.21. The molecule has 0 aromatic heterocycles. The molecular formula is C20H28N2O. The van der Waals surface area contributed by atoms with E-state index in [0.717, 1.165) is 36.1 Å². The number of hydrogen-bond acceptors (Lipinski definition) is 3. The van der Waals surface area contributed by atoms with Crippen LogP contribution in [0.5, 0.6) is 5.75 Å². The highest BCUT2D eigenvalue weighted by Crippen LogP contribution is 2.36. The SMILES string of the molecule is CNCCCC(C)(C)c1ccc(-c2cccc(CN)c2)c(O)c1. The first-order valence-electron chi connectivity index (χ1n) is 8.25. The minimum atomic E-state index is 0.0476. The maximum absolute atomic E-state index is 10.5. The zero-order valence-corrected chi connectivity index (χ0v) is 14.4. The Balaban J connectivity index is 2.26. The van der Waals surface area contributed by atoms with E-state index in [-0.39, 0.29) is 5.41 Å². The van der Waals surface area contributed by atoms with E-state index in [1.807, 2.05) is 43.4 Å². The first-order chi connectivity index (χ1) is 11.0. The first kappa shape index (κ1) is 17.5. The Kier molecular flexibility index (Phi) is 5.80. The molecule has 0 heterocycles. The molecule has 0 spiro atoms. The van der Waals surface area contributed by atoms with Gasteiger partial charge in [0, 0.05) is 12.1 Å². The van der Waals surface area contributed by atoms with Crippen LogP contribution in [0.3, 0.4) is 0 Å².